The lowest BCUT2D eigenvalue weighted by molar-refractivity contribution is -0.137. The van der Waals surface area contributed by atoms with Gasteiger partial charge in [-0.2, -0.15) is 0 Å². The summed E-state index contributed by atoms with van der Waals surface area (Å²) in [5, 5.41) is 6.45. The molecule has 0 radical (unpaired) electrons. The Labute approximate surface area is 157 Å². The summed E-state index contributed by atoms with van der Waals surface area (Å²) in [5.74, 6) is 0.899. The molecule has 3 fully saturated rings. The maximum Gasteiger partial charge on any atom is 0.239 e. The lowest BCUT2D eigenvalue weighted by Gasteiger charge is -2.35. The zero-order chi connectivity index (χ0) is 19.0. The van der Waals surface area contributed by atoms with Gasteiger partial charge in [-0.15, -0.1) is 0 Å². The largest absolute Gasteiger partial charge is 0.360 e. The van der Waals surface area contributed by atoms with E-state index < -0.39 is 0 Å². The van der Waals surface area contributed by atoms with E-state index in [0.717, 1.165) is 12.8 Å². The fraction of sp³-hybridized carbons (Fsp3) is 0.667. The van der Waals surface area contributed by atoms with Crippen LogP contribution < -0.4 is 5.32 Å². The highest BCUT2D eigenvalue weighted by Gasteiger charge is 2.43. The summed E-state index contributed by atoms with van der Waals surface area (Å²) in [7, 11) is 0. The molecule has 1 aromatic heterocycles. The molecule has 3 aliphatic rings. The summed E-state index contributed by atoms with van der Waals surface area (Å²) < 4.78 is 4.93. The average Bonchev–Trinajstić information content (AvgIpc) is 3.30. The molecule has 3 heterocycles. The van der Waals surface area contributed by atoms with Crippen molar-refractivity contribution in [3.63, 3.8) is 0 Å². The Morgan fingerprint density at radius 2 is 2.00 bits per heavy atom. The molecule has 27 heavy (non-hydrogen) atoms. The van der Waals surface area contributed by atoms with E-state index in [1.54, 1.807) is 13.0 Å². The van der Waals surface area contributed by atoms with Gasteiger partial charge < -0.3 is 19.6 Å². The van der Waals surface area contributed by atoms with Gasteiger partial charge in [-0.25, -0.2) is 0 Å². The monoisotopic (exact) mass is 375 g/mol. The molecule has 2 aliphatic heterocycles. The van der Waals surface area contributed by atoms with E-state index in [-0.39, 0.29) is 30.2 Å². The molecule has 1 N–H and O–H groups in total. The van der Waals surface area contributed by atoms with Gasteiger partial charge in [-0.3, -0.25) is 19.3 Å². The minimum atomic E-state index is -0.205. The van der Waals surface area contributed by atoms with E-state index in [9.17, 15) is 14.4 Å². The number of hydrogen-bond acceptors (Lipinski definition) is 6. The van der Waals surface area contributed by atoms with E-state index in [4.69, 9.17) is 4.52 Å². The molecule has 0 spiro atoms. The van der Waals surface area contributed by atoms with Crippen LogP contribution in [-0.2, 0) is 14.4 Å². The van der Waals surface area contributed by atoms with Crippen LogP contribution in [0.5, 0.6) is 0 Å². The van der Waals surface area contributed by atoms with Crippen LogP contribution in [0, 0.1) is 12.8 Å². The zero-order valence-corrected chi connectivity index (χ0v) is 15.5. The second kappa shape index (κ2) is 7.30. The zero-order valence-electron chi connectivity index (χ0n) is 15.5. The molecule has 2 saturated heterocycles. The van der Waals surface area contributed by atoms with Crippen molar-refractivity contribution in [1.29, 1.82) is 0 Å². The normalized spacial score (nSPS) is 23.7. The highest BCUT2D eigenvalue weighted by atomic mass is 16.5. The number of likely N-dealkylation sites (tertiary alicyclic amines) is 1. The van der Waals surface area contributed by atoms with Crippen molar-refractivity contribution in [3.8, 4) is 0 Å². The molecule has 1 aromatic rings. The fourth-order valence-corrected chi connectivity index (χ4v) is 3.83. The van der Waals surface area contributed by atoms with Crippen molar-refractivity contribution in [2.45, 2.75) is 32.2 Å². The van der Waals surface area contributed by atoms with Crippen LogP contribution in [0.15, 0.2) is 10.6 Å². The van der Waals surface area contributed by atoms with Crippen LogP contribution in [0.25, 0.3) is 0 Å². The van der Waals surface area contributed by atoms with Crippen LogP contribution in [0.2, 0.25) is 0 Å². The molecule has 1 saturated carbocycles. The Hall–Kier alpha value is -2.42. The number of piperazine rings is 1. The van der Waals surface area contributed by atoms with Crippen molar-refractivity contribution in [3.05, 3.63) is 11.8 Å². The minimum absolute atomic E-state index is 0.0775. The maximum absolute atomic E-state index is 12.7. The second-order valence-corrected chi connectivity index (χ2v) is 7.65. The summed E-state index contributed by atoms with van der Waals surface area (Å²) in [6.45, 7) is 5.05. The van der Waals surface area contributed by atoms with E-state index in [1.165, 1.54) is 0 Å². The van der Waals surface area contributed by atoms with Gasteiger partial charge in [0.05, 0.1) is 12.5 Å². The highest BCUT2D eigenvalue weighted by Crippen LogP contribution is 2.33. The topological polar surface area (TPSA) is 99.0 Å². The Bertz CT molecular complexity index is 736. The molecule has 0 aromatic carbocycles. The average molecular weight is 375 g/mol. The molecule has 1 aliphatic carbocycles. The minimum Gasteiger partial charge on any atom is -0.360 e. The lowest BCUT2D eigenvalue weighted by atomic mass is 10.1. The standard InChI is InChI=1S/C18H25N5O4/c1-12-8-15(20-27-12)19-16(24)11-21-4-6-22(7-5-21)18(26)13-9-17(25)23(10-13)14-2-3-14/h8,13-14H,2-7,9-11H2,1H3,(H,19,20,24)/t13-/m0/s1. The molecule has 0 unspecified atom stereocenters. The van der Waals surface area contributed by atoms with Gasteiger partial charge in [0.15, 0.2) is 5.82 Å². The predicted molar refractivity (Wildman–Crippen MR) is 95.7 cm³/mol. The van der Waals surface area contributed by atoms with Gasteiger partial charge >= 0.3 is 0 Å². The maximum atomic E-state index is 12.7. The van der Waals surface area contributed by atoms with E-state index in [1.807, 2.05) is 14.7 Å². The van der Waals surface area contributed by atoms with Gasteiger partial charge in [0, 0.05) is 51.3 Å². The lowest BCUT2D eigenvalue weighted by Crippen LogP contribution is -2.52. The van der Waals surface area contributed by atoms with Crippen molar-refractivity contribution in [2.75, 3.05) is 44.6 Å². The third-order valence-corrected chi connectivity index (χ3v) is 5.44. The molecule has 1 atom stereocenters. The third kappa shape index (κ3) is 4.13. The van der Waals surface area contributed by atoms with E-state index >= 15 is 0 Å². The van der Waals surface area contributed by atoms with Crippen LogP contribution in [-0.4, -0.2) is 82.9 Å². The van der Waals surface area contributed by atoms with Crippen LogP contribution in [0.1, 0.15) is 25.0 Å². The van der Waals surface area contributed by atoms with Crippen molar-refractivity contribution >= 4 is 23.5 Å². The van der Waals surface area contributed by atoms with Crippen LogP contribution in [0.4, 0.5) is 5.82 Å². The van der Waals surface area contributed by atoms with E-state index in [2.05, 4.69) is 10.5 Å². The number of carbonyl (C=O) groups excluding carboxylic acids is 3. The number of nitrogens with one attached hydrogen (secondary N) is 1. The summed E-state index contributed by atoms with van der Waals surface area (Å²) >= 11 is 0. The Morgan fingerprint density at radius 3 is 2.63 bits per heavy atom. The third-order valence-electron chi connectivity index (χ3n) is 5.44. The van der Waals surface area contributed by atoms with Gasteiger partial charge in [0.2, 0.25) is 17.7 Å². The molecule has 9 nitrogen and oxygen atoms in total. The number of carbonyl (C=O) groups is 3. The summed E-state index contributed by atoms with van der Waals surface area (Å²) in [4.78, 5) is 42.6. The van der Waals surface area contributed by atoms with Crippen molar-refractivity contribution in [2.24, 2.45) is 5.92 Å². The Balaban J connectivity index is 1.22. The van der Waals surface area contributed by atoms with Gasteiger partial charge in [-0.05, 0) is 19.8 Å². The van der Waals surface area contributed by atoms with Gasteiger partial charge in [0.25, 0.3) is 0 Å². The number of hydrogen-bond donors (Lipinski definition) is 1. The Kier molecular flexibility index (Phi) is 4.86. The summed E-state index contributed by atoms with van der Waals surface area (Å²) in [6.07, 6.45) is 2.48. The van der Waals surface area contributed by atoms with E-state index in [0.29, 0.717) is 56.8 Å². The highest BCUT2D eigenvalue weighted by molar-refractivity contribution is 5.91. The molecule has 146 valence electrons. The molecule has 3 amide bonds. The number of aryl methyl sites for hydroxylation is 1. The first-order chi connectivity index (χ1) is 13.0. The SMILES string of the molecule is Cc1cc(NC(=O)CN2CCN(C(=O)[C@H]3CC(=O)N(C4CC4)C3)CC2)no1. The Morgan fingerprint density at radius 1 is 1.26 bits per heavy atom. The molecule has 0 bridgehead atoms. The van der Waals surface area contributed by atoms with Crippen LogP contribution >= 0.6 is 0 Å². The van der Waals surface area contributed by atoms with Crippen molar-refractivity contribution < 1.29 is 18.9 Å². The summed E-state index contributed by atoms with van der Waals surface area (Å²) in [6, 6.07) is 2.04. The number of anilines is 1. The fourth-order valence-electron chi connectivity index (χ4n) is 3.83. The molecular weight excluding hydrogens is 350 g/mol. The first-order valence-electron chi connectivity index (χ1n) is 9.53. The van der Waals surface area contributed by atoms with Crippen LogP contribution in [0.3, 0.4) is 0 Å². The quantitative estimate of drug-likeness (QED) is 0.782. The number of rotatable bonds is 5. The smallest absolute Gasteiger partial charge is 0.239 e. The first kappa shape index (κ1) is 18.0. The molecule has 4 rings (SSSR count). The second-order valence-electron chi connectivity index (χ2n) is 7.65. The van der Waals surface area contributed by atoms with Gasteiger partial charge in [0.1, 0.15) is 5.76 Å². The van der Waals surface area contributed by atoms with Crippen molar-refractivity contribution in [1.82, 2.24) is 19.9 Å². The predicted octanol–water partition coefficient (Wildman–Crippen LogP) is 0.0766. The first-order valence-corrected chi connectivity index (χ1v) is 9.53. The molecule has 9 heteroatoms. The number of aromatic nitrogens is 1. The van der Waals surface area contributed by atoms with Gasteiger partial charge in [-0.1, -0.05) is 5.16 Å². The number of nitrogens with zero attached hydrogens (tertiary/aromatic N) is 4. The molecular formula is C18H25N5O4. The summed E-state index contributed by atoms with van der Waals surface area (Å²) in [5.41, 5.74) is 0. The number of amides is 3.